The number of anilines is 2. The largest absolute Gasteiger partial charge is 0.490 e. The summed E-state index contributed by atoms with van der Waals surface area (Å²) >= 11 is 0. The maximum absolute atomic E-state index is 14.1. The second-order valence-electron chi connectivity index (χ2n) is 10.7. The molecule has 0 saturated heterocycles. The number of ether oxygens (including phenoxy) is 2. The molecule has 214 valence electrons. The molecule has 9 nitrogen and oxygen atoms in total. The number of hydrogen-bond donors (Lipinski definition) is 3. The summed E-state index contributed by atoms with van der Waals surface area (Å²) < 4.78 is 12.5. The summed E-state index contributed by atoms with van der Waals surface area (Å²) in [5.41, 5.74) is 1.47. The first-order chi connectivity index (χ1) is 18.7. The van der Waals surface area contributed by atoms with E-state index in [1.165, 1.54) is 0 Å². The zero-order valence-corrected chi connectivity index (χ0v) is 23.9. The van der Waals surface area contributed by atoms with Crippen LogP contribution in [0.5, 0.6) is 5.75 Å². The quantitative estimate of drug-likeness (QED) is 0.491. The van der Waals surface area contributed by atoms with Gasteiger partial charge in [-0.15, -0.1) is 0 Å². The van der Waals surface area contributed by atoms with Gasteiger partial charge in [-0.05, 0) is 77.5 Å². The fourth-order valence-electron chi connectivity index (χ4n) is 4.64. The first-order valence-corrected chi connectivity index (χ1v) is 13.8. The Balaban J connectivity index is 1.93. The second kappa shape index (κ2) is 14.9. The van der Waals surface area contributed by atoms with Gasteiger partial charge >= 0.3 is 6.03 Å². The predicted octanol–water partition coefficient (Wildman–Crippen LogP) is 4.69. The Hall–Kier alpha value is -3.14. The molecule has 3 amide bonds. The fraction of sp³-hybridized carbons (Fsp3) is 0.533. The molecule has 0 saturated carbocycles. The summed E-state index contributed by atoms with van der Waals surface area (Å²) in [6.07, 6.45) is 2.51. The average molecular weight is 541 g/mol. The maximum Gasteiger partial charge on any atom is 0.323 e. The highest BCUT2D eigenvalue weighted by Crippen LogP contribution is 2.28. The Morgan fingerprint density at radius 1 is 1.10 bits per heavy atom. The molecule has 39 heavy (non-hydrogen) atoms. The number of likely N-dealkylation sites (N-methyl/N-ethyl adjacent to an activating group) is 1. The summed E-state index contributed by atoms with van der Waals surface area (Å²) in [4.78, 5) is 30.5. The van der Waals surface area contributed by atoms with Crippen molar-refractivity contribution in [2.75, 3.05) is 51.0 Å². The number of urea groups is 1. The number of hydrogen-bond acceptors (Lipinski definition) is 6. The van der Waals surface area contributed by atoms with E-state index in [2.05, 4.69) is 22.5 Å². The van der Waals surface area contributed by atoms with Crippen molar-refractivity contribution >= 4 is 23.3 Å². The van der Waals surface area contributed by atoms with Gasteiger partial charge in [0.25, 0.3) is 5.91 Å². The minimum atomic E-state index is -0.420. The van der Waals surface area contributed by atoms with Crippen LogP contribution in [0.25, 0.3) is 0 Å². The molecule has 0 aromatic heterocycles. The molecule has 2 aromatic rings. The summed E-state index contributed by atoms with van der Waals surface area (Å²) in [7, 11) is 4.02. The smallest absolute Gasteiger partial charge is 0.323 e. The second-order valence-corrected chi connectivity index (χ2v) is 10.7. The number of nitrogens with zero attached hydrogens (tertiary/aromatic N) is 2. The minimum absolute atomic E-state index is 0.0227. The zero-order valence-electron chi connectivity index (χ0n) is 23.9. The molecular weight excluding hydrogens is 496 g/mol. The van der Waals surface area contributed by atoms with Crippen LogP contribution in [0, 0.1) is 5.92 Å². The van der Waals surface area contributed by atoms with Gasteiger partial charge in [-0.2, -0.15) is 0 Å². The van der Waals surface area contributed by atoms with Crippen molar-refractivity contribution in [3.8, 4) is 5.75 Å². The molecule has 3 N–H and O–H groups in total. The highest BCUT2D eigenvalue weighted by atomic mass is 16.5. The Bertz CT molecular complexity index is 1060. The Morgan fingerprint density at radius 3 is 2.51 bits per heavy atom. The van der Waals surface area contributed by atoms with E-state index in [1.54, 1.807) is 35.2 Å². The molecule has 2 aromatic carbocycles. The SMILES string of the molecule is C[C@@H]1CN([C@H](C)CO)C(=O)c2cc(NC(=O)Nc3ccccc3)ccc2O[C@@H](C)CCCCO[C@@H]1CN(C)C. The van der Waals surface area contributed by atoms with E-state index in [4.69, 9.17) is 9.47 Å². The molecule has 1 aliphatic heterocycles. The molecule has 1 heterocycles. The number of aliphatic hydroxyl groups is 1. The van der Waals surface area contributed by atoms with Crippen molar-refractivity contribution in [2.24, 2.45) is 5.92 Å². The molecule has 0 fully saturated rings. The first kappa shape index (κ1) is 30.4. The van der Waals surface area contributed by atoms with Crippen molar-refractivity contribution in [3.63, 3.8) is 0 Å². The third-order valence-electron chi connectivity index (χ3n) is 6.89. The van der Waals surface area contributed by atoms with Crippen molar-refractivity contribution in [1.82, 2.24) is 9.80 Å². The number of carbonyl (C=O) groups excluding carboxylic acids is 2. The van der Waals surface area contributed by atoms with Gasteiger partial charge in [0.05, 0.1) is 30.4 Å². The van der Waals surface area contributed by atoms with E-state index >= 15 is 0 Å². The number of carbonyl (C=O) groups is 2. The normalized spacial score (nSPS) is 21.9. The van der Waals surface area contributed by atoms with Crippen LogP contribution in [-0.2, 0) is 4.74 Å². The van der Waals surface area contributed by atoms with Crippen molar-refractivity contribution < 1.29 is 24.2 Å². The van der Waals surface area contributed by atoms with Crippen molar-refractivity contribution in [3.05, 3.63) is 54.1 Å². The standard InChI is InChI=1S/C30H44N4O5/c1-21-18-34(22(2)20-35)29(36)26-17-25(32-30(37)31-24-12-7-6-8-13-24)14-15-27(26)39-23(3)11-9-10-16-38-28(21)19-33(4)5/h6-8,12-15,17,21-23,28,35H,9-11,16,18-20H2,1-5H3,(H2,31,32,37)/t21-,22-,23+,28-/m1/s1. The van der Waals surface area contributed by atoms with Gasteiger partial charge in [0.15, 0.2) is 0 Å². The van der Waals surface area contributed by atoms with E-state index < -0.39 is 12.1 Å². The number of para-hydroxylation sites is 1. The number of benzene rings is 2. The van der Waals surface area contributed by atoms with Gasteiger partial charge in [-0.1, -0.05) is 25.1 Å². The number of amides is 3. The van der Waals surface area contributed by atoms with Gasteiger partial charge in [0, 0.05) is 37.0 Å². The van der Waals surface area contributed by atoms with Crippen LogP contribution in [0.1, 0.15) is 50.4 Å². The monoisotopic (exact) mass is 540 g/mol. The molecule has 0 aliphatic carbocycles. The van der Waals surface area contributed by atoms with Crippen LogP contribution < -0.4 is 15.4 Å². The molecule has 0 spiro atoms. The molecule has 3 rings (SSSR count). The number of aliphatic hydroxyl groups excluding tert-OH is 1. The van der Waals surface area contributed by atoms with E-state index in [-0.39, 0.29) is 30.6 Å². The van der Waals surface area contributed by atoms with Crippen LogP contribution in [0.4, 0.5) is 16.2 Å². The minimum Gasteiger partial charge on any atom is -0.490 e. The first-order valence-electron chi connectivity index (χ1n) is 13.8. The molecular formula is C30H44N4O5. The lowest BCUT2D eigenvalue weighted by molar-refractivity contribution is -0.0137. The van der Waals surface area contributed by atoms with Crippen molar-refractivity contribution in [1.29, 1.82) is 0 Å². The number of fused-ring (bicyclic) bond motifs is 1. The highest BCUT2D eigenvalue weighted by molar-refractivity contribution is 6.02. The summed E-state index contributed by atoms with van der Waals surface area (Å²) in [6, 6.07) is 13.4. The van der Waals surface area contributed by atoms with E-state index in [0.29, 0.717) is 35.8 Å². The average Bonchev–Trinajstić information content (AvgIpc) is 2.90. The third kappa shape index (κ3) is 9.23. The Kier molecular flexibility index (Phi) is 11.6. The van der Waals surface area contributed by atoms with Crippen LogP contribution in [0.15, 0.2) is 48.5 Å². The van der Waals surface area contributed by atoms with E-state index in [9.17, 15) is 14.7 Å². The molecule has 0 radical (unpaired) electrons. The van der Waals surface area contributed by atoms with Crippen LogP contribution in [0.2, 0.25) is 0 Å². The lowest BCUT2D eigenvalue weighted by Gasteiger charge is -2.35. The van der Waals surface area contributed by atoms with Crippen LogP contribution in [0.3, 0.4) is 0 Å². The van der Waals surface area contributed by atoms with E-state index in [0.717, 1.165) is 25.8 Å². The topological polar surface area (TPSA) is 103 Å². The molecule has 0 bridgehead atoms. The van der Waals surface area contributed by atoms with Gasteiger partial charge in [0.2, 0.25) is 0 Å². The van der Waals surface area contributed by atoms with Gasteiger partial charge < -0.3 is 35.0 Å². The summed E-state index contributed by atoms with van der Waals surface area (Å²) in [5, 5.41) is 15.7. The maximum atomic E-state index is 14.1. The zero-order chi connectivity index (χ0) is 28.4. The summed E-state index contributed by atoms with van der Waals surface area (Å²) in [5.74, 6) is 0.218. The van der Waals surface area contributed by atoms with Crippen LogP contribution in [-0.4, -0.2) is 85.5 Å². The summed E-state index contributed by atoms with van der Waals surface area (Å²) in [6.45, 7) is 7.50. The highest BCUT2D eigenvalue weighted by Gasteiger charge is 2.30. The van der Waals surface area contributed by atoms with Gasteiger partial charge in [-0.3, -0.25) is 4.79 Å². The predicted molar refractivity (Wildman–Crippen MR) is 155 cm³/mol. The lowest BCUT2D eigenvalue weighted by atomic mass is 10.0. The number of nitrogens with one attached hydrogen (secondary N) is 2. The van der Waals surface area contributed by atoms with Gasteiger partial charge in [-0.25, -0.2) is 4.79 Å². The fourth-order valence-corrected chi connectivity index (χ4v) is 4.64. The Morgan fingerprint density at radius 2 is 1.82 bits per heavy atom. The van der Waals surface area contributed by atoms with Crippen LogP contribution >= 0.6 is 0 Å². The van der Waals surface area contributed by atoms with E-state index in [1.807, 2.05) is 46.1 Å². The molecule has 9 heteroatoms. The molecule has 0 unspecified atom stereocenters. The molecule has 1 aliphatic rings. The Labute approximate surface area is 232 Å². The van der Waals surface area contributed by atoms with Crippen molar-refractivity contribution in [2.45, 2.75) is 58.3 Å². The third-order valence-corrected chi connectivity index (χ3v) is 6.89. The number of rotatable bonds is 6. The molecule has 4 atom stereocenters. The van der Waals surface area contributed by atoms with Gasteiger partial charge in [0.1, 0.15) is 5.75 Å². The lowest BCUT2D eigenvalue weighted by Crippen LogP contribution is -2.47.